The summed E-state index contributed by atoms with van der Waals surface area (Å²) in [6.07, 6.45) is 0.783. The molecule has 1 amide bonds. The highest BCUT2D eigenvalue weighted by molar-refractivity contribution is 5.94. The molecule has 1 heterocycles. The van der Waals surface area contributed by atoms with Crippen molar-refractivity contribution < 1.29 is 18.7 Å². The monoisotopic (exact) mass is 265 g/mol. The van der Waals surface area contributed by atoms with Gasteiger partial charge in [-0.05, 0) is 24.1 Å². The Hall–Kier alpha value is -1.91. The summed E-state index contributed by atoms with van der Waals surface area (Å²) < 4.78 is 17.8. The lowest BCUT2D eigenvalue weighted by molar-refractivity contribution is -0.189. The summed E-state index contributed by atoms with van der Waals surface area (Å²) in [5.74, 6) is -1.31. The minimum atomic E-state index is -0.694. The first kappa shape index (κ1) is 13.5. The molecule has 19 heavy (non-hydrogen) atoms. The van der Waals surface area contributed by atoms with Gasteiger partial charge in [0.05, 0.1) is 0 Å². The number of ether oxygens (including phenoxy) is 1. The van der Waals surface area contributed by atoms with Crippen molar-refractivity contribution in [2.45, 2.75) is 32.4 Å². The van der Waals surface area contributed by atoms with Crippen LogP contribution in [0.2, 0.25) is 0 Å². The molecule has 0 saturated carbocycles. The van der Waals surface area contributed by atoms with Gasteiger partial charge in [0.2, 0.25) is 0 Å². The van der Waals surface area contributed by atoms with Crippen LogP contribution in [0.1, 0.15) is 25.3 Å². The van der Waals surface area contributed by atoms with E-state index in [4.69, 9.17) is 4.74 Å². The first-order valence-electron chi connectivity index (χ1n) is 6.34. The Morgan fingerprint density at radius 2 is 2.26 bits per heavy atom. The molecule has 1 aromatic rings. The van der Waals surface area contributed by atoms with Gasteiger partial charge in [0.15, 0.2) is 6.10 Å². The Morgan fingerprint density at radius 1 is 1.47 bits per heavy atom. The number of carbonyl (C=O) groups excluding carboxylic acids is 2. The molecular weight excluding hydrogens is 249 g/mol. The Morgan fingerprint density at radius 3 is 2.89 bits per heavy atom. The van der Waals surface area contributed by atoms with Gasteiger partial charge in [-0.15, -0.1) is 0 Å². The molecule has 102 valence electrons. The predicted molar refractivity (Wildman–Crippen MR) is 66.5 cm³/mol. The van der Waals surface area contributed by atoms with Gasteiger partial charge in [0.25, 0.3) is 5.91 Å². The number of amides is 1. The van der Waals surface area contributed by atoms with Gasteiger partial charge in [-0.25, -0.2) is 4.39 Å². The first-order valence-corrected chi connectivity index (χ1v) is 6.34. The lowest BCUT2D eigenvalue weighted by Crippen LogP contribution is -2.53. The van der Waals surface area contributed by atoms with E-state index in [1.165, 1.54) is 12.1 Å². The lowest BCUT2D eigenvalue weighted by atomic mass is 9.91. The van der Waals surface area contributed by atoms with E-state index in [0.717, 1.165) is 6.42 Å². The van der Waals surface area contributed by atoms with Gasteiger partial charge in [-0.2, -0.15) is 0 Å². The van der Waals surface area contributed by atoms with Gasteiger partial charge >= 0.3 is 5.97 Å². The summed E-state index contributed by atoms with van der Waals surface area (Å²) in [6.45, 7) is 2.18. The quantitative estimate of drug-likeness (QED) is 0.826. The minimum absolute atomic E-state index is 0.226. The van der Waals surface area contributed by atoms with E-state index in [0.29, 0.717) is 12.0 Å². The molecule has 1 N–H and O–H groups in total. The van der Waals surface area contributed by atoms with Crippen molar-refractivity contribution >= 4 is 11.9 Å². The second-order valence-corrected chi connectivity index (χ2v) is 4.60. The zero-order chi connectivity index (χ0) is 13.8. The second-order valence-electron chi connectivity index (χ2n) is 4.60. The Bertz CT molecular complexity index is 489. The fourth-order valence-electron chi connectivity index (χ4n) is 2.10. The molecule has 2 atom stereocenters. The van der Waals surface area contributed by atoms with Crippen LogP contribution >= 0.6 is 0 Å². The molecule has 2 rings (SSSR count). The molecule has 1 aromatic carbocycles. The van der Waals surface area contributed by atoms with Gasteiger partial charge in [-0.1, -0.05) is 25.5 Å². The molecule has 0 radical (unpaired) electrons. The van der Waals surface area contributed by atoms with Crippen molar-refractivity contribution in [1.29, 1.82) is 0 Å². The van der Waals surface area contributed by atoms with Crippen LogP contribution in [0.3, 0.4) is 0 Å². The number of esters is 1. The number of cyclic esters (lactones) is 1. The van der Waals surface area contributed by atoms with Crippen molar-refractivity contribution in [2.75, 3.05) is 0 Å². The second kappa shape index (κ2) is 5.82. The summed E-state index contributed by atoms with van der Waals surface area (Å²) in [5.41, 5.74) is 0.672. The molecule has 0 spiro atoms. The fourth-order valence-corrected chi connectivity index (χ4v) is 2.10. The third-order valence-electron chi connectivity index (χ3n) is 3.13. The number of carbonyl (C=O) groups is 2. The number of hydrogen-bond acceptors (Lipinski definition) is 3. The molecule has 1 aliphatic rings. The van der Waals surface area contributed by atoms with Crippen molar-refractivity contribution in [3.63, 3.8) is 0 Å². The lowest BCUT2D eigenvalue weighted by Gasteiger charge is -2.33. The average Bonchev–Trinajstić information content (AvgIpc) is 2.39. The summed E-state index contributed by atoms with van der Waals surface area (Å²) in [5, 5.41) is 2.65. The summed E-state index contributed by atoms with van der Waals surface area (Å²) in [4.78, 5) is 23.0. The van der Waals surface area contributed by atoms with E-state index >= 15 is 0 Å². The van der Waals surface area contributed by atoms with Crippen molar-refractivity contribution in [3.05, 3.63) is 35.6 Å². The maximum atomic E-state index is 13.0. The van der Waals surface area contributed by atoms with E-state index < -0.39 is 6.10 Å². The number of benzene rings is 1. The van der Waals surface area contributed by atoms with E-state index in [9.17, 15) is 14.0 Å². The zero-order valence-electron chi connectivity index (χ0n) is 10.7. The van der Waals surface area contributed by atoms with E-state index in [-0.39, 0.29) is 30.2 Å². The fraction of sp³-hybridized carbons (Fsp3) is 0.429. The highest BCUT2D eigenvalue weighted by Crippen LogP contribution is 2.26. The summed E-state index contributed by atoms with van der Waals surface area (Å²) in [6, 6.07) is 6.01. The highest BCUT2D eigenvalue weighted by atomic mass is 19.1. The van der Waals surface area contributed by atoms with Crippen LogP contribution in [0.25, 0.3) is 0 Å². The van der Waals surface area contributed by atoms with Crippen molar-refractivity contribution in [1.82, 2.24) is 5.32 Å². The summed E-state index contributed by atoms with van der Waals surface area (Å²) >= 11 is 0. The molecule has 1 aliphatic heterocycles. The van der Waals surface area contributed by atoms with Crippen LogP contribution in [-0.4, -0.2) is 18.0 Å². The van der Waals surface area contributed by atoms with Crippen LogP contribution in [0.5, 0.6) is 0 Å². The number of rotatable bonds is 5. The number of hydrogen-bond donors (Lipinski definition) is 1. The molecule has 1 saturated heterocycles. The van der Waals surface area contributed by atoms with Gasteiger partial charge in [-0.3, -0.25) is 9.59 Å². The SMILES string of the molecule is CCCC1C(=O)O[C@H]1C(=O)NCc1cccc(F)c1. The molecule has 0 aromatic heterocycles. The zero-order valence-corrected chi connectivity index (χ0v) is 10.7. The molecule has 4 nitrogen and oxygen atoms in total. The average molecular weight is 265 g/mol. The van der Waals surface area contributed by atoms with Crippen LogP contribution < -0.4 is 5.32 Å². The third kappa shape index (κ3) is 3.10. The van der Waals surface area contributed by atoms with Crippen LogP contribution in [0.15, 0.2) is 24.3 Å². The van der Waals surface area contributed by atoms with Crippen molar-refractivity contribution in [2.24, 2.45) is 5.92 Å². The van der Waals surface area contributed by atoms with Crippen molar-refractivity contribution in [3.8, 4) is 0 Å². The topological polar surface area (TPSA) is 55.4 Å². The Labute approximate surface area is 110 Å². The molecule has 5 heteroatoms. The van der Waals surface area contributed by atoms with Gasteiger partial charge in [0.1, 0.15) is 11.7 Å². The standard InChI is InChI=1S/C14H16FNO3/c1-2-4-11-12(19-14(11)18)13(17)16-8-9-5-3-6-10(15)7-9/h3,5-7,11-12H,2,4,8H2,1H3,(H,16,17)/t11?,12-/m1/s1. The van der Waals surface area contributed by atoms with Crippen LogP contribution in [0, 0.1) is 11.7 Å². The molecule has 1 fully saturated rings. The van der Waals surface area contributed by atoms with E-state index in [1.807, 2.05) is 6.92 Å². The largest absolute Gasteiger partial charge is 0.451 e. The number of halogens is 1. The van der Waals surface area contributed by atoms with E-state index in [2.05, 4.69) is 5.32 Å². The molecular formula is C14H16FNO3. The molecule has 1 unspecified atom stereocenters. The van der Waals surface area contributed by atoms with E-state index in [1.54, 1.807) is 12.1 Å². The van der Waals surface area contributed by atoms with Crippen LogP contribution in [-0.2, 0) is 20.9 Å². The van der Waals surface area contributed by atoms with Crippen LogP contribution in [0.4, 0.5) is 4.39 Å². The Balaban J connectivity index is 1.86. The minimum Gasteiger partial charge on any atom is -0.451 e. The normalized spacial score (nSPS) is 21.5. The number of nitrogens with one attached hydrogen (secondary N) is 1. The molecule has 0 aliphatic carbocycles. The maximum Gasteiger partial charge on any atom is 0.314 e. The first-order chi connectivity index (χ1) is 9.11. The summed E-state index contributed by atoms with van der Waals surface area (Å²) in [7, 11) is 0. The van der Waals surface area contributed by atoms with Gasteiger partial charge < -0.3 is 10.1 Å². The third-order valence-corrected chi connectivity index (χ3v) is 3.13. The smallest absolute Gasteiger partial charge is 0.314 e. The predicted octanol–water partition coefficient (Wildman–Crippen LogP) is 1.78. The molecule has 0 bridgehead atoms. The highest BCUT2D eigenvalue weighted by Gasteiger charge is 2.46. The maximum absolute atomic E-state index is 13.0. The van der Waals surface area contributed by atoms with Gasteiger partial charge in [0, 0.05) is 6.54 Å². The Kier molecular flexibility index (Phi) is 4.14.